The zero-order chi connectivity index (χ0) is 19.9. The number of halogens is 1. The zero-order valence-electron chi connectivity index (χ0n) is 15.4. The summed E-state index contributed by atoms with van der Waals surface area (Å²) in [4.78, 5) is 20.7. The minimum atomic E-state index is -0.303. The first kappa shape index (κ1) is 19.4. The van der Waals surface area contributed by atoms with E-state index in [1.54, 1.807) is 49.6 Å². The molecule has 0 fully saturated rings. The molecule has 0 unspecified atom stereocenters. The largest absolute Gasteiger partial charge is 0.495 e. The van der Waals surface area contributed by atoms with E-state index in [4.69, 9.17) is 21.1 Å². The van der Waals surface area contributed by atoms with Crippen molar-refractivity contribution in [1.82, 2.24) is 9.97 Å². The lowest BCUT2D eigenvalue weighted by Gasteiger charge is -2.09. The van der Waals surface area contributed by atoms with Gasteiger partial charge in [0.15, 0.2) is 0 Å². The fraction of sp³-hybridized carbons (Fsp3) is 0.150. The molecule has 7 nitrogen and oxygen atoms in total. The van der Waals surface area contributed by atoms with Crippen molar-refractivity contribution < 1.29 is 14.3 Å². The van der Waals surface area contributed by atoms with Gasteiger partial charge < -0.3 is 20.1 Å². The van der Waals surface area contributed by atoms with Gasteiger partial charge in [-0.3, -0.25) is 4.79 Å². The number of amides is 1. The van der Waals surface area contributed by atoms with Crippen LogP contribution in [0.15, 0.2) is 54.9 Å². The van der Waals surface area contributed by atoms with E-state index in [9.17, 15) is 4.79 Å². The fourth-order valence-corrected chi connectivity index (χ4v) is 2.65. The van der Waals surface area contributed by atoms with Crippen molar-refractivity contribution in [3.63, 3.8) is 0 Å². The lowest BCUT2D eigenvalue weighted by molar-refractivity contribution is 0.102. The smallest absolute Gasteiger partial charge is 0.258 e. The molecule has 2 N–H and O–H groups in total. The maximum Gasteiger partial charge on any atom is 0.258 e. The third kappa shape index (κ3) is 4.89. The maximum absolute atomic E-state index is 12.3. The second-order valence-electron chi connectivity index (χ2n) is 5.68. The van der Waals surface area contributed by atoms with Gasteiger partial charge in [-0.2, -0.15) is 0 Å². The second kappa shape index (κ2) is 9.05. The Kier molecular flexibility index (Phi) is 6.29. The highest BCUT2D eigenvalue weighted by Gasteiger charge is 2.09. The monoisotopic (exact) mass is 398 g/mol. The summed E-state index contributed by atoms with van der Waals surface area (Å²) in [5, 5.41) is 6.28. The average Bonchev–Trinajstić information content (AvgIpc) is 2.70. The van der Waals surface area contributed by atoms with Crippen LogP contribution in [0.5, 0.6) is 11.5 Å². The minimum absolute atomic E-state index is 0.303. The first-order valence-corrected chi connectivity index (χ1v) is 8.93. The number of nitrogens with zero attached hydrogens (tertiary/aromatic N) is 2. The van der Waals surface area contributed by atoms with Crippen molar-refractivity contribution in [3.05, 3.63) is 65.4 Å². The normalized spacial score (nSPS) is 10.2. The fourth-order valence-electron chi connectivity index (χ4n) is 2.39. The van der Waals surface area contributed by atoms with Crippen LogP contribution < -0.4 is 20.1 Å². The summed E-state index contributed by atoms with van der Waals surface area (Å²) in [5.74, 6) is 1.37. The van der Waals surface area contributed by atoms with E-state index in [2.05, 4.69) is 20.6 Å². The Balaban J connectivity index is 1.63. The van der Waals surface area contributed by atoms with Crippen LogP contribution in [0.2, 0.25) is 5.02 Å². The zero-order valence-corrected chi connectivity index (χ0v) is 16.2. The Morgan fingerprint density at radius 1 is 1.07 bits per heavy atom. The molecule has 3 aromatic rings. The Labute approximate surface area is 167 Å². The molecule has 2 aromatic carbocycles. The molecule has 0 aliphatic rings. The standard InChI is InChI=1S/C20H19ClN4O3/c1-3-28-16-7-4-14(5-8-16)24-19(26)13-11-22-20(23-12-13)25-15-6-9-18(27-2)17(21)10-15/h4-12H,3H2,1-2H3,(H,24,26)(H,22,23,25). The van der Waals surface area contributed by atoms with E-state index < -0.39 is 0 Å². The topological polar surface area (TPSA) is 85.4 Å². The highest BCUT2D eigenvalue weighted by molar-refractivity contribution is 6.32. The predicted octanol–water partition coefficient (Wildman–Crippen LogP) is 4.53. The van der Waals surface area contributed by atoms with Gasteiger partial charge in [-0.05, 0) is 49.4 Å². The number of methoxy groups -OCH3 is 1. The van der Waals surface area contributed by atoms with Gasteiger partial charge in [0, 0.05) is 23.8 Å². The molecule has 0 spiro atoms. The van der Waals surface area contributed by atoms with Crippen molar-refractivity contribution >= 4 is 34.8 Å². The highest BCUT2D eigenvalue weighted by Crippen LogP contribution is 2.28. The SMILES string of the molecule is CCOc1ccc(NC(=O)c2cnc(Nc3ccc(OC)c(Cl)c3)nc2)cc1. The first-order chi connectivity index (χ1) is 13.6. The molecule has 0 aliphatic carbocycles. The van der Waals surface area contributed by atoms with Crippen LogP contribution in [0, 0.1) is 0 Å². The van der Waals surface area contributed by atoms with Crippen molar-refractivity contribution in [2.24, 2.45) is 0 Å². The molecule has 3 rings (SSSR count). The van der Waals surface area contributed by atoms with Gasteiger partial charge in [0.05, 0.1) is 24.3 Å². The van der Waals surface area contributed by atoms with Gasteiger partial charge in [-0.1, -0.05) is 11.6 Å². The molecule has 28 heavy (non-hydrogen) atoms. The van der Waals surface area contributed by atoms with Crippen molar-refractivity contribution in [2.45, 2.75) is 6.92 Å². The summed E-state index contributed by atoms with van der Waals surface area (Å²) in [5.41, 5.74) is 1.70. The molecule has 0 aliphatic heterocycles. The van der Waals surface area contributed by atoms with E-state index in [-0.39, 0.29) is 5.91 Å². The summed E-state index contributed by atoms with van der Waals surface area (Å²) >= 11 is 6.10. The van der Waals surface area contributed by atoms with Crippen LogP contribution in [0.25, 0.3) is 0 Å². The highest BCUT2D eigenvalue weighted by atomic mass is 35.5. The lowest BCUT2D eigenvalue weighted by atomic mass is 10.2. The average molecular weight is 399 g/mol. The summed E-state index contributed by atoms with van der Waals surface area (Å²) < 4.78 is 10.5. The second-order valence-corrected chi connectivity index (χ2v) is 6.09. The van der Waals surface area contributed by atoms with Crippen LogP contribution in [0.4, 0.5) is 17.3 Å². The van der Waals surface area contributed by atoms with Crippen molar-refractivity contribution in [1.29, 1.82) is 0 Å². The lowest BCUT2D eigenvalue weighted by Crippen LogP contribution is -2.13. The summed E-state index contributed by atoms with van der Waals surface area (Å²) in [6, 6.07) is 12.4. The van der Waals surface area contributed by atoms with Crippen LogP contribution in [0.3, 0.4) is 0 Å². The number of hydrogen-bond acceptors (Lipinski definition) is 6. The third-order valence-corrected chi connectivity index (χ3v) is 4.04. The number of rotatable bonds is 7. The molecule has 1 amide bonds. The number of hydrogen-bond donors (Lipinski definition) is 2. The Morgan fingerprint density at radius 2 is 1.75 bits per heavy atom. The number of aromatic nitrogens is 2. The Bertz CT molecular complexity index is 947. The quantitative estimate of drug-likeness (QED) is 0.608. The summed E-state index contributed by atoms with van der Waals surface area (Å²) in [6.07, 6.45) is 2.90. The molecule has 1 heterocycles. The molecule has 8 heteroatoms. The molecule has 0 saturated carbocycles. The Hall–Kier alpha value is -3.32. The molecule has 0 saturated heterocycles. The molecule has 1 aromatic heterocycles. The first-order valence-electron chi connectivity index (χ1n) is 8.56. The number of anilines is 3. The molecule has 144 valence electrons. The number of carbonyl (C=O) groups is 1. The number of carbonyl (C=O) groups excluding carboxylic acids is 1. The predicted molar refractivity (Wildman–Crippen MR) is 109 cm³/mol. The van der Waals surface area contributed by atoms with Crippen LogP contribution >= 0.6 is 11.6 Å². The van der Waals surface area contributed by atoms with Crippen molar-refractivity contribution in [2.75, 3.05) is 24.4 Å². The third-order valence-electron chi connectivity index (χ3n) is 3.75. The van der Waals surface area contributed by atoms with Crippen LogP contribution in [0.1, 0.15) is 17.3 Å². The van der Waals surface area contributed by atoms with Gasteiger partial charge in [0.1, 0.15) is 11.5 Å². The van der Waals surface area contributed by atoms with Gasteiger partial charge >= 0.3 is 0 Å². The van der Waals surface area contributed by atoms with E-state index in [0.29, 0.717) is 40.3 Å². The van der Waals surface area contributed by atoms with E-state index in [1.807, 2.05) is 6.92 Å². The maximum atomic E-state index is 12.3. The van der Waals surface area contributed by atoms with Crippen LogP contribution in [-0.2, 0) is 0 Å². The van der Waals surface area contributed by atoms with Gasteiger partial charge in [0.25, 0.3) is 5.91 Å². The van der Waals surface area contributed by atoms with E-state index >= 15 is 0 Å². The molecule has 0 radical (unpaired) electrons. The minimum Gasteiger partial charge on any atom is -0.495 e. The number of ether oxygens (including phenoxy) is 2. The van der Waals surface area contributed by atoms with Crippen molar-refractivity contribution in [3.8, 4) is 11.5 Å². The van der Waals surface area contributed by atoms with Crippen LogP contribution in [-0.4, -0.2) is 29.6 Å². The van der Waals surface area contributed by atoms with Gasteiger partial charge in [-0.25, -0.2) is 9.97 Å². The molecule has 0 atom stereocenters. The van der Waals surface area contributed by atoms with E-state index in [1.165, 1.54) is 12.4 Å². The van der Waals surface area contributed by atoms with E-state index in [0.717, 1.165) is 5.75 Å². The van der Waals surface area contributed by atoms with Gasteiger partial charge in [-0.15, -0.1) is 0 Å². The number of nitrogens with one attached hydrogen (secondary N) is 2. The molecular weight excluding hydrogens is 380 g/mol. The van der Waals surface area contributed by atoms with Gasteiger partial charge in [0.2, 0.25) is 5.95 Å². The summed E-state index contributed by atoms with van der Waals surface area (Å²) in [6.45, 7) is 2.50. The molecular formula is C20H19ClN4O3. The Morgan fingerprint density at radius 3 is 2.36 bits per heavy atom. The number of benzene rings is 2. The molecule has 0 bridgehead atoms. The summed E-state index contributed by atoms with van der Waals surface area (Å²) in [7, 11) is 1.55.